The van der Waals surface area contributed by atoms with Gasteiger partial charge in [0, 0.05) is 5.92 Å². The Labute approximate surface area is 178 Å². The summed E-state index contributed by atoms with van der Waals surface area (Å²) in [4.78, 5) is 26.1. The molecular weight excluding hydrogens is 396 g/mol. The molecule has 1 aliphatic rings. The van der Waals surface area contributed by atoms with E-state index in [1.54, 1.807) is 48.5 Å². The molecule has 3 aromatic rings. The third kappa shape index (κ3) is 4.19. The normalized spacial score (nSPS) is 15.4. The Morgan fingerprint density at radius 2 is 1.52 bits per heavy atom. The first-order valence-electron chi connectivity index (χ1n) is 10.5. The van der Waals surface area contributed by atoms with Crippen LogP contribution < -0.4 is 11.3 Å². The molecule has 0 radical (unpaired) electrons. The molecule has 0 saturated heterocycles. The molecule has 1 unspecified atom stereocenters. The molecular formula is C25H24O6. The first-order chi connectivity index (χ1) is 15.1. The highest BCUT2D eigenvalue weighted by atomic mass is 16.4. The summed E-state index contributed by atoms with van der Waals surface area (Å²) in [5, 5.41) is 22.3. The van der Waals surface area contributed by atoms with Crippen LogP contribution in [-0.2, 0) is 0 Å². The lowest BCUT2D eigenvalue weighted by Crippen LogP contribution is -2.27. The third-order valence-electron chi connectivity index (χ3n) is 5.90. The van der Waals surface area contributed by atoms with Crippen molar-refractivity contribution in [3.05, 3.63) is 92.8 Å². The van der Waals surface area contributed by atoms with E-state index in [2.05, 4.69) is 0 Å². The number of hydrogen-bond acceptors (Lipinski definition) is 6. The lowest BCUT2D eigenvalue weighted by atomic mass is 9.73. The standard InChI is InChI=1S/C25H24O6/c26-18-13-6-1-2-9-15-30-24(28)21(18)20(16-10-4-3-5-11-16)22-23(27)17-12-7-8-14-19(17)31-25(22)29/h1-2,6-9,12-16,20,26-27H,3-5,10-11H2. The topological polar surface area (TPSA) is 101 Å². The van der Waals surface area contributed by atoms with E-state index in [1.807, 2.05) is 0 Å². The largest absolute Gasteiger partial charge is 0.507 e. The van der Waals surface area contributed by atoms with Gasteiger partial charge in [0.05, 0.1) is 22.8 Å². The minimum atomic E-state index is -0.866. The Balaban J connectivity index is 2.06. The summed E-state index contributed by atoms with van der Waals surface area (Å²) in [6, 6.07) is 14.6. The molecule has 0 aliphatic heterocycles. The summed E-state index contributed by atoms with van der Waals surface area (Å²) in [6.07, 6.45) is 5.65. The van der Waals surface area contributed by atoms with Crippen molar-refractivity contribution >= 4 is 11.0 Å². The molecule has 160 valence electrons. The second-order valence-electron chi connectivity index (χ2n) is 7.80. The van der Waals surface area contributed by atoms with Crippen molar-refractivity contribution in [3.63, 3.8) is 0 Å². The number of para-hydroxylation sites is 1. The zero-order valence-corrected chi connectivity index (χ0v) is 17.0. The van der Waals surface area contributed by atoms with Gasteiger partial charge in [-0.25, -0.2) is 9.59 Å². The summed E-state index contributed by atoms with van der Waals surface area (Å²) in [7, 11) is 0. The molecule has 4 rings (SSSR count). The van der Waals surface area contributed by atoms with Crippen molar-refractivity contribution in [2.45, 2.75) is 38.0 Å². The Hall–Kier alpha value is -3.54. The van der Waals surface area contributed by atoms with Crippen LogP contribution in [-0.4, -0.2) is 10.2 Å². The first kappa shape index (κ1) is 20.7. The van der Waals surface area contributed by atoms with Gasteiger partial charge >= 0.3 is 11.3 Å². The SMILES string of the molecule is O=c1occccccc(O)c1C(c1c(O)c2ccccc2oc1=O)C1CCCCC1. The second kappa shape index (κ2) is 9.08. The van der Waals surface area contributed by atoms with E-state index in [4.69, 9.17) is 8.83 Å². The quantitative estimate of drug-likeness (QED) is 0.579. The van der Waals surface area contributed by atoms with Crippen LogP contribution in [0.15, 0.2) is 79.3 Å². The molecule has 2 N–H and O–H groups in total. The Morgan fingerprint density at radius 1 is 0.806 bits per heavy atom. The number of rotatable bonds is 3. The van der Waals surface area contributed by atoms with Gasteiger partial charge < -0.3 is 19.0 Å². The van der Waals surface area contributed by atoms with Crippen molar-refractivity contribution in [1.82, 2.24) is 0 Å². The Kier molecular flexibility index (Phi) is 6.07. The molecule has 0 amide bonds. The average molecular weight is 420 g/mol. The van der Waals surface area contributed by atoms with E-state index in [0.29, 0.717) is 5.39 Å². The zero-order valence-electron chi connectivity index (χ0n) is 17.0. The highest BCUT2D eigenvalue weighted by Gasteiger charge is 2.35. The van der Waals surface area contributed by atoms with Crippen LogP contribution >= 0.6 is 0 Å². The molecule has 6 heteroatoms. The summed E-state index contributed by atoms with van der Waals surface area (Å²) < 4.78 is 10.7. The van der Waals surface area contributed by atoms with E-state index in [-0.39, 0.29) is 34.1 Å². The summed E-state index contributed by atoms with van der Waals surface area (Å²) in [6.45, 7) is 0. The molecule has 31 heavy (non-hydrogen) atoms. The Morgan fingerprint density at radius 3 is 2.32 bits per heavy atom. The van der Waals surface area contributed by atoms with Crippen LogP contribution in [0.3, 0.4) is 0 Å². The van der Waals surface area contributed by atoms with E-state index in [1.165, 1.54) is 12.3 Å². The Bertz CT molecular complexity index is 1230. The molecule has 0 spiro atoms. The predicted octanol–water partition coefficient (Wildman–Crippen LogP) is 4.99. The molecule has 1 aromatic carbocycles. The summed E-state index contributed by atoms with van der Waals surface area (Å²) in [5.41, 5.74) is -1.31. The molecule has 1 atom stereocenters. The van der Waals surface area contributed by atoms with Crippen LogP contribution in [0.2, 0.25) is 0 Å². The fourth-order valence-corrected chi connectivity index (χ4v) is 4.47. The zero-order chi connectivity index (χ0) is 21.8. The maximum absolute atomic E-state index is 13.0. The fraction of sp³-hybridized carbons (Fsp3) is 0.280. The van der Waals surface area contributed by atoms with Crippen molar-refractivity contribution in [3.8, 4) is 11.5 Å². The molecule has 2 aromatic heterocycles. The number of benzene rings is 1. The van der Waals surface area contributed by atoms with Gasteiger partial charge in [-0.1, -0.05) is 49.6 Å². The molecule has 6 nitrogen and oxygen atoms in total. The molecule has 2 heterocycles. The minimum Gasteiger partial charge on any atom is -0.507 e. The molecule has 0 bridgehead atoms. The van der Waals surface area contributed by atoms with Gasteiger partial charge in [-0.15, -0.1) is 0 Å². The van der Waals surface area contributed by atoms with Crippen molar-refractivity contribution in [2.24, 2.45) is 5.92 Å². The fourth-order valence-electron chi connectivity index (χ4n) is 4.47. The van der Waals surface area contributed by atoms with Crippen LogP contribution in [0.4, 0.5) is 0 Å². The highest BCUT2D eigenvalue weighted by Crippen LogP contribution is 2.44. The van der Waals surface area contributed by atoms with Gasteiger partial charge in [-0.2, -0.15) is 0 Å². The first-order valence-corrected chi connectivity index (χ1v) is 10.5. The van der Waals surface area contributed by atoms with Crippen LogP contribution in [0, 0.1) is 5.92 Å². The van der Waals surface area contributed by atoms with Gasteiger partial charge in [0.25, 0.3) is 0 Å². The second-order valence-corrected chi connectivity index (χ2v) is 7.80. The van der Waals surface area contributed by atoms with Crippen molar-refractivity contribution < 1.29 is 19.0 Å². The summed E-state index contributed by atoms with van der Waals surface area (Å²) in [5.74, 6) is -1.53. The van der Waals surface area contributed by atoms with Gasteiger partial charge in [-0.3, -0.25) is 0 Å². The third-order valence-corrected chi connectivity index (χ3v) is 5.90. The molecule has 1 fully saturated rings. The van der Waals surface area contributed by atoms with Crippen molar-refractivity contribution in [1.29, 1.82) is 0 Å². The van der Waals surface area contributed by atoms with E-state index in [9.17, 15) is 19.8 Å². The number of fused-ring (bicyclic) bond motifs is 1. The number of aromatic hydroxyl groups is 2. The smallest absolute Gasteiger partial charge is 0.343 e. The summed E-state index contributed by atoms with van der Waals surface area (Å²) >= 11 is 0. The van der Waals surface area contributed by atoms with Gasteiger partial charge in [0.15, 0.2) is 0 Å². The van der Waals surface area contributed by atoms with E-state index < -0.39 is 17.2 Å². The van der Waals surface area contributed by atoms with Crippen LogP contribution in [0.5, 0.6) is 11.5 Å². The maximum Gasteiger partial charge on any atom is 0.343 e. The molecule has 1 aliphatic carbocycles. The van der Waals surface area contributed by atoms with E-state index >= 15 is 0 Å². The maximum atomic E-state index is 13.0. The van der Waals surface area contributed by atoms with Gasteiger partial charge in [0.2, 0.25) is 0 Å². The lowest BCUT2D eigenvalue weighted by Gasteiger charge is -2.30. The number of hydrogen-bond donors (Lipinski definition) is 2. The average Bonchev–Trinajstić information content (AvgIpc) is 2.78. The predicted molar refractivity (Wildman–Crippen MR) is 117 cm³/mol. The minimum absolute atomic E-state index is 0.0194. The van der Waals surface area contributed by atoms with Gasteiger partial charge in [-0.05, 0) is 43.0 Å². The van der Waals surface area contributed by atoms with Crippen molar-refractivity contribution in [2.75, 3.05) is 0 Å². The van der Waals surface area contributed by atoms with Crippen LogP contribution in [0.1, 0.15) is 49.1 Å². The molecule has 1 saturated carbocycles. The van der Waals surface area contributed by atoms with Gasteiger partial charge in [0.1, 0.15) is 17.1 Å². The highest BCUT2D eigenvalue weighted by molar-refractivity contribution is 5.84. The van der Waals surface area contributed by atoms with Crippen LogP contribution in [0.25, 0.3) is 11.0 Å². The van der Waals surface area contributed by atoms with E-state index in [0.717, 1.165) is 32.1 Å². The lowest BCUT2D eigenvalue weighted by molar-refractivity contribution is 0.307. The monoisotopic (exact) mass is 420 g/mol.